The molecule has 2 aromatic heterocycles. The Bertz CT molecular complexity index is 1880. The molecular weight excluding hydrogens is 636 g/mol. The van der Waals surface area contributed by atoms with Crippen LogP contribution in [0.5, 0.6) is 5.75 Å². The number of hydrogen-bond donors (Lipinski definition) is 3. The highest BCUT2D eigenvalue weighted by molar-refractivity contribution is 6.07. The van der Waals surface area contributed by atoms with Crippen LogP contribution in [0.25, 0.3) is 21.9 Å². The van der Waals surface area contributed by atoms with Crippen molar-refractivity contribution in [1.29, 1.82) is 0 Å². The largest absolute Gasteiger partial charge is 0.508 e. The summed E-state index contributed by atoms with van der Waals surface area (Å²) in [5.41, 5.74) is 11.2. The van der Waals surface area contributed by atoms with Crippen molar-refractivity contribution in [1.82, 2.24) is 24.9 Å². The lowest BCUT2D eigenvalue weighted by Crippen LogP contribution is -2.53. The number of hydrogen-bond acceptors (Lipinski definition) is 9. The minimum atomic E-state index is -0.518. The fourth-order valence-electron chi connectivity index (χ4n) is 5.86. The normalized spacial score (nSPS) is 13.5. The van der Waals surface area contributed by atoms with E-state index >= 15 is 0 Å². The Morgan fingerprint density at radius 3 is 2.32 bits per heavy atom. The minimum absolute atomic E-state index is 0.139. The smallest absolute Gasteiger partial charge is 0.333 e. The van der Waals surface area contributed by atoms with Crippen molar-refractivity contribution in [2.45, 2.75) is 117 Å². The number of carbonyl (C=O) groups excluding carboxylic acids is 4. The Labute approximate surface area is 293 Å². The Morgan fingerprint density at radius 2 is 1.70 bits per heavy atom. The summed E-state index contributed by atoms with van der Waals surface area (Å²) in [5.74, 6) is 0.312. The van der Waals surface area contributed by atoms with Crippen LogP contribution in [0.15, 0.2) is 36.4 Å². The van der Waals surface area contributed by atoms with Crippen molar-refractivity contribution in [3.8, 4) is 5.75 Å². The second-order valence-electron chi connectivity index (χ2n) is 13.9. The fourth-order valence-corrected chi connectivity index (χ4v) is 5.86. The quantitative estimate of drug-likeness (QED) is 0.110. The first kappa shape index (κ1) is 37.8. The molecule has 0 atom stereocenters. The highest BCUT2D eigenvalue weighted by atomic mass is 16.7. The van der Waals surface area contributed by atoms with Gasteiger partial charge in [0.25, 0.3) is 11.8 Å². The number of carbonyl (C=O) groups is 4. The molecule has 4 aromatic rings. The van der Waals surface area contributed by atoms with Crippen molar-refractivity contribution < 1.29 is 29.1 Å². The van der Waals surface area contributed by atoms with Crippen LogP contribution >= 0.6 is 0 Å². The summed E-state index contributed by atoms with van der Waals surface area (Å²) in [7, 11) is 0. The maximum Gasteiger partial charge on any atom is 0.333 e. The zero-order valence-corrected chi connectivity index (χ0v) is 30.3. The Hall–Kier alpha value is -5.00. The van der Waals surface area contributed by atoms with Gasteiger partial charge in [0.05, 0.1) is 11.0 Å². The van der Waals surface area contributed by atoms with Crippen LogP contribution in [0.1, 0.15) is 109 Å². The summed E-state index contributed by atoms with van der Waals surface area (Å²) in [4.78, 5) is 58.7. The predicted molar refractivity (Wildman–Crippen MR) is 193 cm³/mol. The molecule has 0 saturated carbocycles. The number of unbranched alkanes of at least 4 members (excludes halogenated alkanes) is 2. The van der Waals surface area contributed by atoms with E-state index in [1.807, 2.05) is 39.8 Å². The number of imide groups is 1. The maximum atomic E-state index is 11.2. The van der Waals surface area contributed by atoms with Crippen LogP contribution in [0.2, 0.25) is 0 Å². The number of amides is 3. The summed E-state index contributed by atoms with van der Waals surface area (Å²) in [6.45, 7) is 14.9. The summed E-state index contributed by atoms with van der Waals surface area (Å²) in [6, 6.07) is 12.0. The van der Waals surface area contributed by atoms with Crippen molar-refractivity contribution in [2.75, 3.05) is 5.73 Å². The van der Waals surface area contributed by atoms with Crippen LogP contribution < -0.4 is 11.1 Å². The van der Waals surface area contributed by atoms with Crippen LogP contribution in [0.4, 0.5) is 5.82 Å². The molecule has 0 radical (unpaired) electrons. The van der Waals surface area contributed by atoms with E-state index in [1.165, 1.54) is 0 Å². The van der Waals surface area contributed by atoms with E-state index in [2.05, 4.69) is 53.7 Å². The number of fused-ring (bicyclic) bond motifs is 3. The molecule has 0 spiro atoms. The zero-order chi connectivity index (χ0) is 36.8. The molecule has 1 saturated heterocycles. The third-order valence-electron chi connectivity index (χ3n) is 9.78. The first-order valence-electron chi connectivity index (χ1n) is 17.3. The number of benzene rings is 2. The average molecular weight is 687 g/mol. The number of nitrogens with zero attached hydrogens (tertiary/aromatic N) is 4. The number of hydroxylamine groups is 2. The van der Waals surface area contributed by atoms with Gasteiger partial charge < -0.3 is 25.6 Å². The van der Waals surface area contributed by atoms with Crippen LogP contribution in [-0.4, -0.2) is 54.4 Å². The van der Waals surface area contributed by atoms with E-state index in [1.54, 1.807) is 6.07 Å². The van der Waals surface area contributed by atoms with E-state index in [9.17, 15) is 24.3 Å². The highest BCUT2D eigenvalue weighted by Gasteiger charge is 2.38. The molecule has 4 N–H and O–H groups in total. The van der Waals surface area contributed by atoms with E-state index in [-0.39, 0.29) is 24.7 Å². The standard InChI is InChI=1S/C29H37N5O2.C9H13NO4/c1-7-8-9-24-33-25-26(34(24)16-19-10-13-23(36)18(2)14-19)21-12-11-20(15-22(21)32-27(25)30)28(3,4)29(5,6)31-17-35;1-2-3-4-9(13)14-10-7(11)5-6-8(10)12/h10-15,17,36H,7-9,16H2,1-6H3,(H2,30,32)(H,31,35);2-6H2,1H3. The van der Waals surface area contributed by atoms with Crippen LogP contribution in [0.3, 0.4) is 0 Å². The molecule has 12 nitrogen and oxygen atoms in total. The van der Waals surface area contributed by atoms with E-state index < -0.39 is 23.3 Å². The number of nitrogen functional groups attached to an aromatic ring is 1. The van der Waals surface area contributed by atoms with Gasteiger partial charge in [-0.15, -0.1) is 5.06 Å². The summed E-state index contributed by atoms with van der Waals surface area (Å²) in [5, 5.41) is 14.5. The molecular formula is C38H50N6O6. The molecule has 12 heteroatoms. The summed E-state index contributed by atoms with van der Waals surface area (Å²) in [6.07, 6.45) is 5.79. The first-order valence-corrected chi connectivity index (χ1v) is 17.3. The lowest BCUT2D eigenvalue weighted by Gasteiger charge is -2.41. The van der Waals surface area contributed by atoms with E-state index in [0.29, 0.717) is 29.6 Å². The molecule has 1 aliphatic rings. The first-order chi connectivity index (χ1) is 23.6. The van der Waals surface area contributed by atoms with Gasteiger partial charge in [0, 0.05) is 48.6 Å². The Kier molecular flexibility index (Phi) is 11.9. The molecule has 3 heterocycles. The monoisotopic (exact) mass is 686 g/mol. The van der Waals surface area contributed by atoms with Gasteiger partial charge in [0.2, 0.25) is 6.41 Å². The minimum Gasteiger partial charge on any atom is -0.508 e. The van der Waals surface area contributed by atoms with Gasteiger partial charge in [-0.25, -0.2) is 14.8 Å². The molecule has 50 heavy (non-hydrogen) atoms. The number of imidazole rings is 1. The number of nitrogens with one attached hydrogen (secondary N) is 1. The number of pyridine rings is 1. The lowest BCUT2D eigenvalue weighted by atomic mass is 9.69. The highest BCUT2D eigenvalue weighted by Crippen LogP contribution is 2.38. The van der Waals surface area contributed by atoms with Gasteiger partial charge in [-0.1, -0.05) is 64.8 Å². The number of aromatic nitrogens is 3. The van der Waals surface area contributed by atoms with E-state index in [4.69, 9.17) is 15.7 Å². The molecule has 3 amide bonds. The van der Waals surface area contributed by atoms with Crippen molar-refractivity contribution >= 4 is 51.9 Å². The van der Waals surface area contributed by atoms with Gasteiger partial charge in [-0.05, 0) is 62.4 Å². The molecule has 5 rings (SSSR count). The molecule has 2 aromatic carbocycles. The molecule has 1 fully saturated rings. The number of rotatable bonds is 13. The number of phenolic OH excluding ortho intramolecular Hbond substituents is 1. The number of aromatic hydroxyl groups is 1. The van der Waals surface area contributed by atoms with Gasteiger partial charge >= 0.3 is 5.97 Å². The summed E-state index contributed by atoms with van der Waals surface area (Å²) < 4.78 is 2.25. The van der Waals surface area contributed by atoms with E-state index in [0.717, 1.165) is 76.5 Å². The average Bonchev–Trinajstić information content (AvgIpc) is 3.59. The topological polar surface area (TPSA) is 170 Å². The number of nitrogens with two attached hydrogens (primary N) is 1. The molecule has 0 bridgehead atoms. The van der Waals surface area contributed by atoms with Crippen LogP contribution in [-0.2, 0) is 42.4 Å². The fraction of sp³-hybridized carbons (Fsp3) is 0.474. The van der Waals surface area contributed by atoms with Crippen LogP contribution in [0, 0.1) is 6.92 Å². The Balaban J connectivity index is 0.000000337. The third-order valence-corrected chi connectivity index (χ3v) is 9.78. The molecule has 0 unspecified atom stereocenters. The van der Waals surface area contributed by atoms with Crippen molar-refractivity contribution in [3.05, 3.63) is 58.9 Å². The van der Waals surface area contributed by atoms with Gasteiger partial charge in [0.1, 0.15) is 17.1 Å². The third kappa shape index (κ3) is 8.06. The van der Waals surface area contributed by atoms with Crippen molar-refractivity contribution in [2.24, 2.45) is 0 Å². The SMILES string of the molecule is CCCCC(=O)ON1C(=O)CCC1=O.CCCCc1nc2c(N)nc3cc(C(C)(C)C(C)(C)NC=O)ccc3c2n1Cc1ccc(O)c(C)c1. The molecule has 0 aliphatic carbocycles. The zero-order valence-electron chi connectivity index (χ0n) is 30.3. The molecule has 1 aliphatic heterocycles. The predicted octanol–water partition coefficient (Wildman–Crippen LogP) is 6.16. The molecule has 268 valence electrons. The lowest BCUT2D eigenvalue weighted by molar-refractivity contribution is -0.197. The Morgan fingerprint density at radius 1 is 1.02 bits per heavy atom. The van der Waals surface area contributed by atoms with Gasteiger partial charge in [-0.3, -0.25) is 14.4 Å². The number of anilines is 1. The van der Waals surface area contributed by atoms with Gasteiger partial charge in [0.15, 0.2) is 5.82 Å². The van der Waals surface area contributed by atoms with Crippen molar-refractivity contribution in [3.63, 3.8) is 0 Å². The second-order valence-corrected chi connectivity index (χ2v) is 13.9. The van der Waals surface area contributed by atoms with Gasteiger partial charge in [-0.2, -0.15) is 0 Å². The summed E-state index contributed by atoms with van der Waals surface area (Å²) >= 11 is 0. The number of phenols is 1. The maximum absolute atomic E-state index is 11.2. The second kappa shape index (κ2) is 15.7. The number of aryl methyl sites for hydroxylation is 2.